The van der Waals surface area contributed by atoms with Crippen molar-refractivity contribution in [3.05, 3.63) is 30.0 Å². The predicted octanol–water partition coefficient (Wildman–Crippen LogP) is 3.54. The first-order valence-corrected chi connectivity index (χ1v) is 7.10. The number of hydrogen-bond acceptors (Lipinski definition) is 3. The lowest BCUT2D eigenvalue weighted by atomic mass is 9.70. The van der Waals surface area contributed by atoms with Gasteiger partial charge in [0.15, 0.2) is 6.61 Å². The van der Waals surface area contributed by atoms with Gasteiger partial charge in [-0.15, -0.1) is 5.73 Å². The third-order valence-electron chi connectivity index (χ3n) is 3.60. The van der Waals surface area contributed by atoms with Crippen molar-refractivity contribution >= 4 is 5.97 Å². The van der Waals surface area contributed by atoms with E-state index in [0.717, 1.165) is 24.8 Å². The molecule has 0 aromatic rings. The molecule has 0 saturated heterocycles. The summed E-state index contributed by atoms with van der Waals surface area (Å²) in [6, 6.07) is 2.39. The van der Waals surface area contributed by atoms with Gasteiger partial charge in [-0.05, 0) is 37.8 Å². The molecule has 0 N–H and O–H groups in total. The Hall–Kier alpha value is -2.22. The average Bonchev–Trinajstić information content (AvgIpc) is 2.47. The SMILES string of the molecule is C=C=CC1CCCC=C1C(C)(C#N)CC#CCOC(C)=O. The molecular formula is C18H21NO2. The van der Waals surface area contributed by atoms with E-state index in [1.54, 1.807) is 0 Å². The first-order chi connectivity index (χ1) is 10.0. The van der Waals surface area contributed by atoms with Crippen LogP contribution in [0.5, 0.6) is 0 Å². The van der Waals surface area contributed by atoms with Crippen LogP contribution in [0.2, 0.25) is 0 Å². The summed E-state index contributed by atoms with van der Waals surface area (Å²) >= 11 is 0. The maximum atomic E-state index is 10.7. The topological polar surface area (TPSA) is 50.1 Å². The molecule has 110 valence electrons. The lowest BCUT2D eigenvalue weighted by Gasteiger charge is -2.31. The van der Waals surface area contributed by atoms with E-state index in [1.807, 2.05) is 13.0 Å². The van der Waals surface area contributed by atoms with Crippen LogP contribution < -0.4 is 0 Å². The van der Waals surface area contributed by atoms with E-state index in [4.69, 9.17) is 4.74 Å². The molecule has 1 aliphatic carbocycles. The fourth-order valence-corrected chi connectivity index (χ4v) is 2.49. The summed E-state index contributed by atoms with van der Waals surface area (Å²) in [4.78, 5) is 10.7. The van der Waals surface area contributed by atoms with Crippen molar-refractivity contribution in [3.63, 3.8) is 0 Å². The van der Waals surface area contributed by atoms with Crippen LogP contribution in [-0.4, -0.2) is 12.6 Å². The zero-order valence-corrected chi connectivity index (χ0v) is 12.7. The van der Waals surface area contributed by atoms with E-state index in [0.29, 0.717) is 6.42 Å². The molecule has 1 rings (SSSR count). The van der Waals surface area contributed by atoms with Crippen molar-refractivity contribution in [1.29, 1.82) is 5.26 Å². The summed E-state index contributed by atoms with van der Waals surface area (Å²) in [5.74, 6) is 5.60. The monoisotopic (exact) mass is 283 g/mol. The lowest BCUT2D eigenvalue weighted by Crippen LogP contribution is -2.24. The zero-order valence-electron chi connectivity index (χ0n) is 12.7. The molecule has 0 aromatic heterocycles. The highest BCUT2D eigenvalue weighted by molar-refractivity contribution is 5.66. The molecule has 0 fully saturated rings. The Bertz CT molecular complexity index is 564. The van der Waals surface area contributed by atoms with Crippen molar-refractivity contribution in [1.82, 2.24) is 0 Å². The second-order valence-corrected chi connectivity index (χ2v) is 5.32. The van der Waals surface area contributed by atoms with Crippen molar-refractivity contribution in [3.8, 4) is 17.9 Å². The van der Waals surface area contributed by atoms with E-state index >= 15 is 0 Å². The fourth-order valence-electron chi connectivity index (χ4n) is 2.49. The molecule has 2 unspecified atom stereocenters. The predicted molar refractivity (Wildman–Crippen MR) is 81.9 cm³/mol. The highest BCUT2D eigenvalue weighted by Crippen LogP contribution is 2.40. The highest BCUT2D eigenvalue weighted by Gasteiger charge is 2.33. The third kappa shape index (κ3) is 4.99. The minimum atomic E-state index is -0.623. The van der Waals surface area contributed by atoms with Crippen molar-refractivity contribution in [2.24, 2.45) is 11.3 Å². The van der Waals surface area contributed by atoms with Gasteiger partial charge in [-0.2, -0.15) is 5.26 Å². The van der Waals surface area contributed by atoms with Crippen LogP contribution >= 0.6 is 0 Å². The summed E-state index contributed by atoms with van der Waals surface area (Å²) in [5, 5.41) is 9.57. The van der Waals surface area contributed by atoms with Crippen LogP contribution in [0, 0.1) is 34.5 Å². The molecule has 0 bridgehead atoms. The molecule has 21 heavy (non-hydrogen) atoms. The Morgan fingerprint density at radius 2 is 2.38 bits per heavy atom. The minimum absolute atomic E-state index is 0.0753. The molecule has 0 spiro atoms. The molecule has 0 saturated carbocycles. The first-order valence-electron chi connectivity index (χ1n) is 7.10. The van der Waals surface area contributed by atoms with Crippen LogP contribution in [0.4, 0.5) is 0 Å². The van der Waals surface area contributed by atoms with Crippen LogP contribution in [0.1, 0.15) is 39.5 Å². The molecule has 0 radical (unpaired) electrons. The molecule has 0 aromatic carbocycles. The number of ether oxygens (including phenoxy) is 1. The summed E-state index contributed by atoms with van der Waals surface area (Å²) in [7, 11) is 0. The molecule has 0 aliphatic heterocycles. The molecule has 3 heteroatoms. The Kier molecular flexibility index (Phi) is 6.54. The van der Waals surface area contributed by atoms with Gasteiger partial charge in [0.1, 0.15) is 0 Å². The van der Waals surface area contributed by atoms with Crippen molar-refractivity contribution in [2.45, 2.75) is 39.5 Å². The van der Waals surface area contributed by atoms with Gasteiger partial charge in [0, 0.05) is 19.3 Å². The number of nitriles is 1. The standard InChI is InChI=1S/C18H21NO2/c1-4-9-16-10-5-6-11-17(16)18(3,14-19)12-7-8-13-21-15(2)20/h9,11,16H,1,5-6,10,12-13H2,2-3H3. The van der Waals surface area contributed by atoms with E-state index in [-0.39, 0.29) is 18.5 Å². The second kappa shape index (κ2) is 8.15. The molecule has 2 atom stereocenters. The maximum absolute atomic E-state index is 10.7. The number of allylic oxidation sites excluding steroid dienone is 3. The van der Waals surface area contributed by atoms with E-state index in [9.17, 15) is 10.1 Å². The minimum Gasteiger partial charge on any atom is -0.453 e. The highest BCUT2D eigenvalue weighted by atomic mass is 16.5. The number of nitrogens with zero attached hydrogens (tertiary/aromatic N) is 1. The van der Waals surface area contributed by atoms with Crippen molar-refractivity contribution < 1.29 is 9.53 Å². The summed E-state index contributed by atoms with van der Waals surface area (Å²) in [6.07, 6.45) is 7.65. The zero-order chi connectivity index (χ0) is 15.7. The van der Waals surface area contributed by atoms with Gasteiger partial charge in [0.2, 0.25) is 0 Å². The Morgan fingerprint density at radius 1 is 1.62 bits per heavy atom. The number of carbonyl (C=O) groups excluding carboxylic acids is 1. The Balaban J connectivity index is 2.83. The quantitative estimate of drug-likeness (QED) is 0.343. The molecule has 3 nitrogen and oxygen atoms in total. The van der Waals surface area contributed by atoms with Gasteiger partial charge >= 0.3 is 5.97 Å². The Labute approximate surface area is 127 Å². The van der Waals surface area contributed by atoms with Gasteiger partial charge in [0.05, 0.1) is 11.5 Å². The van der Waals surface area contributed by atoms with Gasteiger partial charge in [-0.3, -0.25) is 4.79 Å². The van der Waals surface area contributed by atoms with E-state index in [2.05, 4.69) is 36.3 Å². The molecule has 0 heterocycles. The second-order valence-electron chi connectivity index (χ2n) is 5.32. The van der Waals surface area contributed by atoms with Crippen molar-refractivity contribution in [2.75, 3.05) is 6.61 Å². The third-order valence-corrected chi connectivity index (χ3v) is 3.60. The van der Waals surface area contributed by atoms with E-state index < -0.39 is 5.41 Å². The summed E-state index contributed by atoms with van der Waals surface area (Å²) in [5.41, 5.74) is 3.32. The largest absolute Gasteiger partial charge is 0.453 e. The Morgan fingerprint density at radius 3 is 3.00 bits per heavy atom. The maximum Gasteiger partial charge on any atom is 0.303 e. The summed E-state index contributed by atoms with van der Waals surface area (Å²) < 4.78 is 4.76. The molecule has 0 amide bonds. The van der Waals surface area contributed by atoms with Crippen LogP contribution in [0.15, 0.2) is 30.0 Å². The fraction of sp³-hybridized carbons (Fsp3) is 0.500. The molecular weight excluding hydrogens is 262 g/mol. The first kappa shape index (κ1) is 16.8. The normalized spacial score (nSPS) is 19.7. The lowest BCUT2D eigenvalue weighted by molar-refractivity contribution is -0.139. The number of rotatable bonds is 4. The number of esters is 1. The average molecular weight is 283 g/mol. The van der Waals surface area contributed by atoms with Crippen LogP contribution in [0.25, 0.3) is 0 Å². The van der Waals surface area contributed by atoms with Gasteiger partial charge in [-0.1, -0.05) is 24.5 Å². The number of carbonyl (C=O) groups is 1. The smallest absolute Gasteiger partial charge is 0.303 e. The summed E-state index contributed by atoms with van der Waals surface area (Å²) in [6.45, 7) is 6.97. The van der Waals surface area contributed by atoms with Crippen LogP contribution in [0.3, 0.4) is 0 Å². The van der Waals surface area contributed by atoms with Gasteiger partial charge < -0.3 is 4.74 Å². The van der Waals surface area contributed by atoms with Gasteiger partial charge in [-0.25, -0.2) is 0 Å². The van der Waals surface area contributed by atoms with Crippen LogP contribution in [-0.2, 0) is 9.53 Å². The molecule has 1 aliphatic rings. The van der Waals surface area contributed by atoms with Gasteiger partial charge in [0.25, 0.3) is 0 Å². The van der Waals surface area contributed by atoms with E-state index in [1.165, 1.54) is 6.92 Å². The number of hydrogen-bond donors (Lipinski definition) is 0.